The second-order valence-electron chi connectivity index (χ2n) is 11.0. The molecule has 2 N–H and O–H groups in total. The summed E-state index contributed by atoms with van der Waals surface area (Å²) in [5.74, 6) is -0.288. The molecule has 0 spiro atoms. The van der Waals surface area contributed by atoms with Crippen LogP contribution < -0.4 is 5.73 Å². The van der Waals surface area contributed by atoms with Crippen LogP contribution in [0.3, 0.4) is 0 Å². The molecule has 0 aliphatic carbocycles. The van der Waals surface area contributed by atoms with Crippen LogP contribution in [0, 0.1) is 0 Å². The van der Waals surface area contributed by atoms with Crippen LogP contribution >= 0.6 is 0 Å². The molecule has 2 aromatic rings. The Morgan fingerprint density at radius 1 is 0.950 bits per heavy atom. The first-order chi connectivity index (χ1) is 19.4. The minimum Gasteiger partial charge on any atom is -0.465 e. The van der Waals surface area contributed by atoms with Gasteiger partial charge in [0.25, 0.3) is 0 Å². The van der Waals surface area contributed by atoms with Crippen molar-refractivity contribution in [2.24, 2.45) is 10.8 Å². The smallest absolute Gasteiger partial charge is 0.320 e. The molecule has 216 valence electrons. The summed E-state index contributed by atoms with van der Waals surface area (Å²) in [5, 5.41) is 6.66. The van der Waals surface area contributed by atoms with Gasteiger partial charge in [0.2, 0.25) is 0 Å². The van der Waals surface area contributed by atoms with Crippen molar-refractivity contribution in [2.45, 2.75) is 58.0 Å². The predicted octanol–water partition coefficient (Wildman–Crippen LogP) is 4.22. The molecule has 2 aliphatic rings. The number of esters is 1. The number of rotatable bonds is 13. The van der Waals surface area contributed by atoms with Crippen LogP contribution in [0.15, 0.2) is 47.6 Å². The van der Waals surface area contributed by atoms with Gasteiger partial charge in [-0.2, -0.15) is 5.10 Å². The van der Waals surface area contributed by atoms with E-state index in [9.17, 15) is 9.59 Å². The second kappa shape index (κ2) is 15.1. The van der Waals surface area contributed by atoms with Gasteiger partial charge in [-0.05, 0) is 42.6 Å². The Balaban J connectivity index is 1.30. The van der Waals surface area contributed by atoms with Gasteiger partial charge >= 0.3 is 5.97 Å². The molecular formula is C32H45N5O3. The number of hydrogen-bond donors (Lipinski definition) is 1. The molecule has 1 fully saturated rings. The lowest BCUT2D eigenvalue weighted by atomic mass is 9.92. The van der Waals surface area contributed by atoms with Crippen LogP contribution in [0.4, 0.5) is 0 Å². The van der Waals surface area contributed by atoms with E-state index in [4.69, 9.17) is 10.5 Å². The number of carbonyl (C=O) groups excluding carboxylic acids is 2. The Morgan fingerprint density at radius 2 is 1.65 bits per heavy atom. The average molecular weight is 548 g/mol. The molecule has 0 bridgehead atoms. The third kappa shape index (κ3) is 8.46. The number of likely N-dealkylation sites (N-methyl/N-ethyl adjacent to an activating group) is 1. The van der Waals surface area contributed by atoms with Crippen LogP contribution in [-0.2, 0) is 16.0 Å². The number of ether oxygens (including phenoxy) is 1. The second-order valence-corrected chi connectivity index (χ2v) is 11.0. The quantitative estimate of drug-likeness (QED) is 0.174. The Morgan fingerprint density at radius 3 is 2.40 bits per heavy atom. The van der Waals surface area contributed by atoms with Crippen LogP contribution in [0.1, 0.15) is 84.2 Å². The zero-order valence-electron chi connectivity index (χ0n) is 24.2. The standard InChI is InChI=1S/C32H45N5O3/c1-3-4-5-6-7-8-21-40-30(38)24-36-16-15-26-13-14-28(22-29(26)32(36)33)31(39)27-11-9-25(10-12-27)23-34-37-19-17-35(2)18-20-37/h9-14,22-23,32H,3-8,15-21,24,33H2,1-2H3. The average Bonchev–Trinajstić information content (AvgIpc) is 2.97. The van der Waals surface area contributed by atoms with Crippen molar-refractivity contribution in [1.82, 2.24) is 14.8 Å². The van der Waals surface area contributed by atoms with Gasteiger partial charge in [0.1, 0.15) is 0 Å². The number of piperazine rings is 1. The minimum atomic E-state index is -0.453. The summed E-state index contributed by atoms with van der Waals surface area (Å²) in [5.41, 5.74) is 10.8. The summed E-state index contributed by atoms with van der Waals surface area (Å²) in [7, 11) is 2.12. The van der Waals surface area contributed by atoms with Crippen molar-refractivity contribution < 1.29 is 14.3 Å². The van der Waals surface area contributed by atoms with Crippen molar-refractivity contribution >= 4 is 18.0 Å². The zero-order valence-corrected chi connectivity index (χ0v) is 24.2. The summed E-state index contributed by atoms with van der Waals surface area (Å²) in [6.45, 7) is 7.37. The van der Waals surface area contributed by atoms with Gasteiger partial charge in [-0.25, -0.2) is 0 Å². The Bertz CT molecular complexity index is 1140. The predicted molar refractivity (Wildman–Crippen MR) is 160 cm³/mol. The summed E-state index contributed by atoms with van der Waals surface area (Å²) in [6, 6.07) is 13.3. The van der Waals surface area contributed by atoms with Gasteiger partial charge < -0.3 is 15.4 Å². The largest absolute Gasteiger partial charge is 0.465 e. The number of ketones is 1. The van der Waals surface area contributed by atoms with Crippen LogP contribution in [0.2, 0.25) is 0 Å². The molecule has 1 saturated heterocycles. The molecule has 0 amide bonds. The molecule has 40 heavy (non-hydrogen) atoms. The molecule has 1 atom stereocenters. The monoisotopic (exact) mass is 547 g/mol. The molecule has 4 rings (SSSR count). The first-order valence-electron chi connectivity index (χ1n) is 14.8. The number of nitrogens with zero attached hydrogens (tertiary/aromatic N) is 4. The van der Waals surface area contributed by atoms with Gasteiger partial charge in [-0.1, -0.05) is 75.4 Å². The van der Waals surface area contributed by atoms with Gasteiger partial charge in [0.15, 0.2) is 5.78 Å². The highest BCUT2D eigenvalue weighted by atomic mass is 16.5. The van der Waals surface area contributed by atoms with Crippen LogP contribution in [-0.4, -0.2) is 85.7 Å². The molecule has 0 saturated carbocycles. The molecule has 2 aliphatic heterocycles. The topological polar surface area (TPSA) is 91.5 Å². The van der Waals surface area contributed by atoms with Gasteiger partial charge in [0, 0.05) is 43.9 Å². The minimum absolute atomic E-state index is 0.0481. The van der Waals surface area contributed by atoms with Gasteiger partial charge in [-0.3, -0.25) is 19.5 Å². The Labute approximate surface area is 239 Å². The highest BCUT2D eigenvalue weighted by Crippen LogP contribution is 2.28. The number of fused-ring (bicyclic) bond motifs is 1. The van der Waals surface area contributed by atoms with E-state index >= 15 is 0 Å². The van der Waals surface area contributed by atoms with E-state index in [1.807, 2.05) is 53.6 Å². The molecule has 8 heteroatoms. The van der Waals surface area contributed by atoms with E-state index in [2.05, 4.69) is 29.0 Å². The van der Waals surface area contributed by atoms with Crippen molar-refractivity contribution in [3.05, 3.63) is 70.3 Å². The normalized spacial score (nSPS) is 18.2. The lowest BCUT2D eigenvalue weighted by Gasteiger charge is -2.34. The van der Waals surface area contributed by atoms with E-state index in [0.717, 1.165) is 62.1 Å². The Hall–Kier alpha value is -3.07. The molecule has 2 aromatic carbocycles. The van der Waals surface area contributed by atoms with Gasteiger partial charge in [-0.15, -0.1) is 0 Å². The van der Waals surface area contributed by atoms with Gasteiger partial charge in [0.05, 0.1) is 25.5 Å². The lowest BCUT2D eigenvalue weighted by Crippen LogP contribution is -2.43. The zero-order chi connectivity index (χ0) is 28.3. The maximum atomic E-state index is 13.3. The lowest BCUT2D eigenvalue weighted by molar-refractivity contribution is -0.145. The molecule has 1 unspecified atom stereocenters. The number of nitrogens with two attached hydrogens (primary N) is 1. The summed E-state index contributed by atoms with van der Waals surface area (Å²) >= 11 is 0. The van der Waals surface area contributed by atoms with E-state index < -0.39 is 6.17 Å². The SMILES string of the molecule is CCCCCCCCOC(=O)CN1CCc2ccc(C(=O)c3ccc(C=NN4CCN(C)CC4)cc3)cc2C1N. The number of unbranched alkanes of at least 4 members (excludes halogenated alkanes) is 5. The maximum absolute atomic E-state index is 13.3. The first-order valence-corrected chi connectivity index (χ1v) is 14.8. The highest BCUT2D eigenvalue weighted by molar-refractivity contribution is 6.09. The number of carbonyl (C=O) groups is 2. The molecule has 0 radical (unpaired) electrons. The van der Waals surface area contributed by atoms with E-state index in [0.29, 0.717) is 24.3 Å². The summed E-state index contributed by atoms with van der Waals surface area (Å²) < 4.78 is 5.47. The third-order valence-electron chi connectivity index (χ3n) is 7.90. The maximum Gasteiger partial charge on any atom is 0.320 e. The first kappa shape index (κ1) is 29.9. The summed E-state index contributed by atoms with van der Waals surface area (Å²) in [4.78, 5) is 30.0. The molecule has 2 heterocycles. The number of benzene rings is 2. The van der Waals surface area contributed by atoms with Crippen molar-refractivity contribution in [1.29, 1.82) is 0 Å². The van der Waals surface area contributed by atoms with E-state index in [1.54, 1.807) is 0 Å². The number of hydrazone groups is 1. The van der Waals surface area contributed by atoms with E-state index in [1.165, 1.54) is 25.7 Å². The highest BCUT2D eigenvalue weighted by Gasteiger charge is 2.27. The fourth-order valence-corrected chi connectivity index (χ4v) is 5.24. The van der Waals surface area contributed by atoms with Crippen molar-refractivity contribution in [2.75, 3.05) is 52.9 Å². The third-order valence-corrected chi connectivity index (χ3v) is 7.90. The Kier molecular flexibility index (Phi) is 11.3. The molecule has 8 nitrogen and oxygen atoms in total. The fraction of sp³-hybridized carbons (Fsp3) is 0.531. The van der Waals surface area contributed by atoms with Crippen LogP contribution in [0.25, 0.3) is 0 Å². The van der Waals surface area contributed by atoms with Crippen LogP contribution in [0.5, 0.6) is 0 Å². The fourth-order valence-electron chi connectivity index (χ4n) is 5.24. The molecule has 0 aromatic heterocycles. The van der Waals surface area contributed by atoms with E-state index in [-0.39, 0.29) is 18.3 Å². The molecular weight excluding hydrogens is 502 g/mol. The summed E-state index contributed by atoms with van der Waals surface area (Å²) in [6.07, 6.45) is 9.10. The van der Waals surface area contributed by atoms with Crippen molar-refractivity contribution in [3.8, 4) is 0 Å². The number of hydrogen-bond acceptors (Lipinski definition) is 8. The van der Waals surface area contributed by atoms with Crippen molar-refractivity contribution in [3.63, 3.8) is 0 Å².